The van der Waals surface area contributed by atoms with Crippen LogP contribution in [-0.4, -0.2) is 12.1 Å². The van der Waals surface area contributed by atoms with Crippen LogP contribution in [0.1, 0.15) is 22.9 Å². The monoisotopic (exact) mass is 282 g/mol. The predicted octanol–water partition coefficient (Wildman–Crippen LogP) is 3.16. The Bertz CT molecular complexity index is 564. The molecule has 1 heterocycles. The van der Waals surface area contributed by atoms with E-state index in [0.717, 1.165) is 17.8 Å². The number of hydrogen-bond donors (Lipinski definition) is 1. The van der Waals surface area contributed by atoms with Gasteiger partial charge in [0.25, 0.3) is 0 Å². The minimum atomic E-state index is -4.39. The second-order valence-electron chi connectivity index (χ2n) is 4.22. The third kappa shape index (κ3) is 3.08. The van der Waals surface area contributed by atoms with Crippen molar-refractivity contribution in [2.24, 2.45) is 5.73 Å². The number of halogens is 3. The fourth-order valence-electron chi connectivity index (χ4n) is 1.74. The number of nitrogens with two attached hydrogens (primary N) is 1. The Hall–Kier alpha value is -2.08. The molecule has 0 bridgehead atoms. The number of pyridine rings is 1. The first kappa shape index (κ1) is 14.3. The van der Waals surface area contributed by atoms with E-state index in [-0.39, 0.29) is 0 Å². The van der Waals surface area contributed by atoms with Gasteiger partial charge in [-0.1, -0.05) is 12.1 Å². The quantitative estimate of drug-likeness (QED) is 0.940. The summed E-state index contributed by atoms with van der Waals surface area (Å²) < 4.78 is 42.4. The molecule has 2 rings (SSSR count). The predicted molar refractivity (Wildman–Crippen MR) is 68.3 cm³/mol. The molecule has 1 atom stereocenters. The molecule has 0 spiro atoms. The molecule has 0 aliphatic carbocycles. The van der Waals surface area contributed by atoms with Gasteiger partial charge in [0, 0.05) is 6.20 Å². The number of ether oxygens (including phenoxy) is 1. The van der Waals surface area contributed by atoms with E-state index in [1.54, 1.807) is 31.4 Å². The Labute approximate surface area is 114 Å². The molecule has 0 saturated carbocycles. The van der Waals surface area contributed by atoms with E-state index in [9.17, 15) is 13.2 Å². The number of alkyl halides is 3. The van der Waals surface area contributed by atoms with Crippen molar-refractivity contribution in [1.82, 2.24) is 4.98 Å². The van der Waals surface area contributed by atoms with Crippen LogP contribution >= 0.6 is 0 Å². The van der Waals surface area contributed by atoms with Crippen LogP contribution < -0.4 is 10.5 Å². The van der Waals surface area contributed by atoms with Gasteiger partial charge < -0.3 is 10.5 Å². The summed E-state index contributed by atoms with van der Waals surface area (Å²) in [4.78, 5) is 3.79. The first-order valence-electron chi connectivity index (χ1n) is 5.84. The molecule has 0 amide bonds. The number of nitrogens with zero attached hydrogens (tertiary/aromatic N) is 1. The first-order chi connectivity index (χ1) is 9.41. The fourth-order valence-corrected chi connectivity index (χ4v) is 1.74. The van der Waals surface area contributed by atoms with E-state index in [1.165, 1.54) is 6.07 Å². The Kier molecular flexibility index (Phi) is 3.94. The molecule has 1 aromatic heterocycles. The average molecular weight is 282 g/mol. The lowest BCUT2D eigenvalue weighted by atomic mass is 10.0. The molecular formula is C14H13F3N2O. The summed E-state index contributed by atoms with van der Waals surface area (Å²) in [7, 11) is 1.55. The molecule has 0 radical (unpaired) electrons. The summed E-state index contributed by atoms with van der Waals surface area (Å²) in [6.45, 7) is 0. The van der Waals surface area contributed by atoms with E-state index in [1.807, 2.05) is 0 Å². The molecule has 3 nitrogen and oxygen atoms in total. The standard InChI is InChI=1S/C14H13F3N2O/c1-20-11-5-2-9(3-6-11)13(18)12-7-4-10(8-19-12)14(15,16)17/h2-8,13H,18H2,1H3. The summed E-state index contributed by atoms with van der Waals surface area (Å²) in [5, 5.41) is 0. The van der Waals surface area contributed by atoms with Crippen molar-refractivity contribution in [3.8, 4) is 5.75 Å². The second kappa shape index (κ2) is 5.50. The maximum atomic E-state index is 12.4. The summed E-state index contributed by atoms with van der Waals surface area (Å²) in [6, 6.07) is 8.66. The number of benzene rings is 1. The van der Waals surface area contributed by atoms with E-state index in [2.05, 4.69) is 4.98 Å². The molecule has 0 aliphatic heterocycles. The number of hydrogen-bond acceptors (Lipinski definition) is 3. The maximum absolute atomic E-state index is 12.4. The normalized spacial score (nSPS) is 13.1. The topological polar surface area (TPSA) is 48.1 Å². The van der Waals surface area contributed by atoms with Crippen molar-refractivity contribution in [2.75, 3.05) is 7.11 Å². The van der Waals surface area contributed by atoms with Crippen LogP contribution in [0.4, 0.5) is 13.2 Å². The largest absolute Gasteiger partial charge is 0.497 e. The van der Waals surface area contributed by atoms with E-state index in [0.29, 0.717) is 11.4 Å². The average Bonchev–Trinajstić information content (AvgIpc) is 2.46. The van der Waals surface area contributed by atoms with Crippen molar-refractivity contribution in [3.63, 3.8) is 0 Å². The van der Waals surface area contributed by atoms with E-state index >= 15 is 0 Å². The molecule has 2 N–H and O–H groups in total. The van der Waals surface area contributed by atoms with Crippen molar-refractivity contribution >= 4 is 0 Å². The number of aromatic nitrogens is 1. The fraction of sp³-hybridized carbons (Fsp3) is 0.214. The summed E-state index contributed by atoms with van der Waals surface area (Å²) in [6.07, 6.45) is -3.60. The van der Waals surface area contributed by atoms with Crippen LogP contribution in [0.5, 0.6) is 5.75 Å². The highest BCUT2D eigenvalue weighted by Crippen LogP contribution is 2.29. The lowest BCUT2D eigenvalue weighted by Gasteiger charge is -2.13. The van der Waals surface area contributed by atoms with E-state index < -0.39 is 17.8 Å². The molecule has 0 saturated heterocycles. The molecule has 0 fully saturated rings. The van der Waals surface area contributed by atoms with Crippen LogP contribution in [-0.2, 0) is 6.18 Å². The Morgan fingerprint density at radius 3 is 2.20 bits per heavy atom. The van der Waals surface area contributed by atoms with E-state index in [4.69, 9.17) is 10.5 Å². The smallest absolute Gasteiger partial charge is 0.417 e. The Balaban J connectivity index is 2.22. The third-order valence-electron chi connectivity index (χ3n) is 2.91. The highest BCUT2D eigenvalue weighted by molar-refractivity contribution is 5.33. The van der Waals surface area contributed by atoms with Gasteiger partial charge in [-0.05, 0) is 29.8 Å². The molecule has 0 aliphatic rings. The van der Waals surface area contributed by atoms with Crippen LogP contribution in [0.3, 0.4) is 0 Å². The van der Waals surface area contributed by atoms with Gasteiger partial charge in [0.15, 0.2) is 0 Å². The zero-order valence-electron chi connectivity index (χ0n) is 10.7. The van der Waals surface area contributed by atoms with Gasteiger partial charge in [-0.15, -0.1) is 0 Å². The van der Waals surface area contributed by atoms with Gasteiger partial charge >= 0.3 is 6.18 Å². The van der Waals surface area contributed by atoms with Gasteiger partial charge in [0.1, 0.15) is 5.75 Å². The summed E-state index contributed by atoms with van der Waals surface area (Å²) in [5.41, 5.74) is 6.32. The second-order valence-corrected chi connectivity index (χ2v) is 4.22. The zero-order chi connectivity index (χ0) is 14.8. The molecular weight excluding hydrogens is 269 g/mol. The molecule has 1 unspecified atom stereocenters. The van der Waals surface area contributed by atoms with Crippen LogP contribution in [0.2, 0.25) is 0 Å². The molecule has 106 valence electrons. The minimum absolute atomic E-state index is 0.378. The summed E-state index contributed by atoms with van der Waals surface area (Å²) >= 11 is 0. The lowest BCUT2D eigenvalue weighted by molar-refractivity contribution is -0.137. The van der Waals surface area contributed by atoms with Crippen LogP contribution in [0, 0.1) is 0 Å². The maximum Gasteiger partial charge on any atom is 0.417 e. The highest BCUT2D eigenvalue weighted by Gasteiger charge is 2.30. The summed E-state index contributed by atoms with van der Waals surface area (Å²) in [5.74, 6) is 0.682. The van der Waals surface area contributed by atoms with Crippen LogP contribution in [0.15, 0.2) is 42.6 Å². The van der Waals surface area contributed by atoms with Crippen molar-refractivity contribution in [3.05, 3.63) is 59.4 Å². The van der Waals surface area contributed by atoms with Crippen molar-refractivity contribution < 1.29 is 17.9 Å². The van der Waals surface area contributed by atoms with Gasteiger partial charge in [0.05, 0.1) is 24.4 Å². The van der Waals surface area contributed by atoms with Crippen molar-refractivity contribution in [2.45, 2.75) is 12.2 Å². The van der Waals surface area contributed by atoms with Gasteiger partial charge in [0.2, 0.25) is 0 Å². The first-order valence-corrected chi connectivity index (χ1v) is 5.84. The Morgan fingerprint density at radius 2 is 1.75 bits per heavy atom. The Morgan fingerprint density at radius 1 is 1.10 bits per heavy atom. The minimum Gasteiger partial charge on any atom is -0.497 e. The van der Waals surface area contributed by atoms with Crippen molar-refractivity contribution in [1.29, 1.82) is 0 Å². The van der Waals surface area contributed by atoms with Gasteiger partial charge in [-0.2, -0.15) is 13.2 Å². The number of rotatable bonds is 3. The highest BCUT2D eigenvalue weighted by atomic mass is 19.4. The molecule has 2 aromatic rings. The zero-order valence-corrected chi connectivity index (χ0v) is 10.7. The molecule has 20 heavy (non-hydrogen) atoms. The lowest BCUT2D eigenvalue weighted by Crippen LogP contribution is -2.14. The molecule has 6 heteroatoms. The van der Waals surface area contributed by atoms with Crippen LogP contribution in [0.25, 0.3) is 0 Å². The molecule has 1 aromatic carbocycles. The third-order valence-corrected chi connectivity index (χ3v) is 2.91. The SMILES string of the molecule is COc1ccc(C(N)c2ccc(C(F)(F)F)cn2)cc1. The number of methoxy groups -OCH3 is 1. The van der Waals surface area contributed by atoms with Gasteiger partial charge in [-0.25, -0.2) is 0 Å². The van der Waals surface area contributed by atoms with Gasteiger partial charge in [-0.3, -0.25) is 4.98 Å².